The van der Waals surface area contributed by atoms with Crippen molar-refractivity contribution in [2.45, 2.75) is 13.3 Å². The third kappa shape index (κ3) is 7.38. The van der Waals surface area contributed by atoms with E-state index in [0.717, 1.165) is 58.2 Å². The number of hydrogen-bond donors (Lipinski definition) is 2. The Morgan fingerprint density at radius 1 is 1.23 bits per heavy atom. The molecule has 2 N–H and O–H groups in total. The van der Waals surface area contributed by atoms with Crippen LogP contribution in [0.4, 0.5) is 10.1 Å². The van der Waals surface area contributed by atoms with Crippen molar-refractivity contribution in [2.75, 3.05) is 57.3 Å². The van der Waals surface area contributed by atoms with E-state index < -0.39 is 0 Å². The van der Waals surface area contributed by atoms with Crippen LogP contribution in [0, 0.1) is 18.2 Å². The molecule has 7 heteroatoms. The molecular formula is C19H29FIN5. The van der Waals surface area contributed by atoms with Crippen LogP contribution < -0.4 is 15.5 Å². The van der Waals surface area contributed by atoms with Crippen molar-refractivity contribution in [3.05, 3.63) is 30.1 Å². The predicted octanol–water partition coefficient (Wildman–Crippen LogP) is 2.14. The molecule has 1 aromatic carbocycles. The number of nitrogens with one attached hydrogen (secondary N) is 2. The van der Waals surface area contributed by atoms with Crippen molar-refractivity contribution in [3.63, 3.8) is 0 Å². The van der Waals surface area contributed by atoms with E-state index in [4.69, 9.17) is 6.42 Å². The SMILES string of the molecule is C#CCNC(=NCCCN1CCN(c2ccccc2F)CC1)NCC.I. The number of hydrogen-bond acceptors (Lipinski definition) is 3. The second kappa shape index (κ2) is 12.8. The number of piperazine rings is 1. The van der Waals surface area contributed by atoms with E-state index >= 15 is 0 Å². The maximum Gasteiger partial charge on any atom is 0.192 e. The highest BCUT2D eigenvalue weighted by atomic mass is 127. The molecule has 0 unspecified atom stereocenters. The van der Waals surface area contributed by atoms with Gasteiger partial charge in [0, 0.05) is 45.8 Å². The fourth-order valence-corrected chi connectivity index (χ4v) is 2.88. The molecule has 1 heterocycles. The van der Waals surface area contributed by atoms with E-state index in [1.165, 1.54) is 6.07 Å². The number of terminal acetylenes is 1. The van der Waals surface area contributed by atoms with E-state index in [2.05, 4.69) is 31.3 Å². The van der Waals surface area contributed by atoms with E-state index in [9.17, 15) is 4.39 Å². The van der Waals surface area contributed by atoms with Crippen LogP contribution in [0.2, 0.25) is 0 Å². The topological polar surface area (TPSA) is 42.9 Å². The number of rotatable bonds is 7. The molecule has 0 bridgehead atoms. The lowest BCUT2D eigenvalue weighted by atomic mass is 10.2. The van der Waals surface area contributed by atoms with Gasteiger partial charge in [-0.1, -0.05) is 18.1 Å². The van der Waals surface area contributed by atoms with E-state index in [1.807, 2.05) is 19.1 Å². The first-order valence-corrected chi connectivity index (χ1v) is 8.92. The molecule has 1 saturated heterocycles. The maximum atomic E-state index is 13.9. The summed E-state index contributed by atoms with van der Waals surface area (Å²) in [7, 11) is 0. The van der Waals surface area contributed by atoms with Crippen LogP contribution >= 0.6 is 24.0 Å². The van der Waals surface area contributed by atoms with Crippen LogP contribution in [-0.4, -0.2) is 63.2 Å². The highest BCUT2D eigenvalue weighted by Gasteiger charge is 2.18. The van der Waals surface area contributed by atoms with Crippen LogP contribution in [0.3, 0.4) is 0 Å². The molecule has 1 aromatic rings. The zero-order chi connectivity index (χ0) is 17.9. The Balaban J connectivity index is 0.00000338. The first-order valence-electron chi connectivity index (χ1n) is 8.92. The Kier molecular flexibility index (Phi) is 11.1. The van der Waals surface area contributed by atoms with E-state index in [-0.39, 0.29) is 29.8 Å². The van der Waals surface area contributed by atoms with Crippen molar-refractivity contribution in [1.82, 2.24) is 15.5 Å². The van der Waals surface area contributed by atoms with Crippen LogP contribution in [0.25, 0.3) is 0 Å². The second-order valence-corrected chi connectivity index (χ2v) is 5.95. The van der Waals surface area contributed by atoms with Gasteiger partial charge in [0.1, 0.15) is 5.82 Å². The molecule has 0 spiro atoms. The van der Waals surface area contributed by atoms with Gasteiger partial charge in [0.15, 0.2) is 5.96 Å². The van der Waals surface area contributed by atoms with E-state index in [0.29, 0.717) is 12.2 Å². The van der Waals surface area contributed by atoms with Crippen molar-refractivity contribution in [1.29, 1.82) is 0 Å². The van der Waals surface area contributed by atoms with Crippen molar-refractivity contribution < 1.29 is 4.39 Å². The van der Waals surface area contributed by atoms with Gasteiger partial charge in [-0.2, -0.15) is 0 Å². The minimum atomic E-state index is -0.138. The molecule has 0 radical (unpaired) electrons. The van der Waals surface area contributed by atoms with Gasteiger partial charge in [-0.3, -0.25) is 9.89 Å². The number of para-hydroxylation sites is 1. The molecule has 0 atom stereocenters. The van der Waals surface area contributed by atoms with Gasteiger partial charge in [0.05, 0.1) is 12.2 Å². The summed E-state index contributed by atoms with van der Waals surface area (Å²) in [5.41, 5.74) is 0.710. The Hall–Kier alpha value is -1.53. The van der Waals surface area contributed by atoms with Crippen molar-refractivity contribution >= 4 is 35.6 Å². The monoisotopic (exact) mass is 473 g/mol. The number of benzene rings is 1. The highest BCUT2D eigenvalue weighted by Crippen LogP contribution is 2.20. The summed E-state index contributed by atoms with van der Waals surface area (Å²) in [4.78, 5) is 9.06. The molecule has 5 nitrogen and oxygen atoms in total. The van der Waals surface area contributed by atoms with Crippen molar-refractivity contribution in [3.8, 4) is 12.3 Å². The normalized spacial score (nSPS) is 15.1. The number of halogens is 2. The van der Waals surface area contributed by atoms with Crippen molar-refractivity contribution in [2.24, 2.45) is 4.99 Å². The molecule has 1 aliphatic heterocycles. The predicted molar refractivity (Wildman–Crippen MR) is 118 cm³/mol. The molecule has 2 rings (SSSR count). The third-order valence-electron chi connectivity index (χ3n) is 4.17. The van der Waals surface area contributed by atoms with Crippen LogP contribution in [-0.2, 0) is 0 Å². The van der Waals surface area contributed by atoms with Gasteiger partial charge in [0.25, 0.3) is 0 Å². The van der Waals surface area contributed by atoms with Crippen LogP contribution in [0.15, 0.2) is 29.3 Å². The average Bonchev–Trinajstić information content (AvgIpc) is 2.64. The summed E-state index contributed by atoms with van der Waals surface area (Å²) in [6, 6.07) is 7.00. The number of anilines is 1. The van der Waals surface area contributed by atoms with Crippen LogP contribution in [0.5, 0.6) is 0 Å². The fraction of sp³-hybridized carbons (Fsp3) is 0.526. The quantitative estimate of drug-likeness (QED) is 0.210. The summed E-state index contributed by atoms with van der Waals surface area (Å²) < 4.78 is 13.9. The summed E-state index contributed by atoms with van der Waals surface area (Å²) in [6.07, 6.45) is 6.25. The zero-order valence-corrected chi connectivity index (χ0v) is 17.7. The minimum Gasteiger partial charge on any atom is -0.367 e. The summed E-state index contributed by atoms with van der Waals surface area (Å²) >= 11 is 0. The molecule has 26 heavy (non-hydrogen) atoms. The number of aliphatic imine (C=N–C) groups is 1. The zero-order valence-electron chi connectivity index (χ0n) is 15.4. The molecular weight excluding hydrogens is 444 g/mol. The lowest BCUT2D eigenvalue weighted by Crippen LogP contribution is -2.47. The molecule has 0 amide bonds. The number of nitrogens with zero attached hydrogens (tertiary/aromatic N) is 3. The van der Waals surface area contributed by atoms with Gasteiger partial charge in [0.2, 0.25) is 0 Å². The number of guanidine groups is 1. The molecule has 0 aromatic heterocycles. The first kappa shape index (κ1) is 22.5. The second-order valence-electron chi connectivity index (χ2n) is 5.95. The first-order chi connectivity index (χ1) is 12.2. The summed E-state index contributed by atoms with van der Waals surface area (Å²) in [6.45, 7) is 8.70. The molecule has 0 saturated carbocycles. The van der Waals surface area contributed by atoms with Gasteiger partial charge in [-0.15, -0.1) is 30.4 Å². The van der Waals surface area contributed by atoms with Gasteiger partial charge in [-0.25, -0.2) is 4.39 Å². The molecule has 0 aliphatic carbocycles. The average molecular weight is 473 g/mol. The molecule has 144 valence electrons. The minimum absolute atomic E-state index is 0. The van der Waals surface area contributed by atoms with Gasteiger partial charge < -0.3 is 15.5 Å². The van der Waals surface area contributed by atoms with Crippen LogP contribution in [0.1, 0.15) is 13.3 Å². The Labute approximate surface area is 173 Å². The fourth-order valence-electron chi connectivity index (χ4n) is 2.88. The van der Waals surface area contributed by atoms with E-state index in [1.54, 1.807) is 6.07 Å². The standard InChI is InChI=1S/C19H28FN5.HI/c1-3-10-22-19(21-4-2)23-11-7-12-24-13-15-25(16-14-24)18-9-6-5-8-17(18)20;/h1,5-6,8-9H,4,7,10-16H2,2H3,(H2,21,22,23);1H. The molecule has 1 aliphatic rings. The lowest BCUT2D eigenvalue weighted by Gasteiger charge is -2.36. The van der Waals surface area contributed by atoms with Gasteiger partial charge in [-0.05, 0) is 25.5 Å². The molecule has 1 fully saturated rings. The Morgan fingerprint density at radius 2 is 1.96 bits per heavy atom. The third-order valence-corrected chi connectivity index (χ3v) is 4.17. The Morgan fingerprint density at radius 3 is 2.62 bits per heavy atom. The largest absolute Gasteiger partial charge is 0.367 e. The van der Waals surface area contributed by atoms with Gasteiger partial charge >= 0.3 is 0 Å². The summed E-state index contributed by atoms with van der Waals surface area (Å²) in [5, 5.41) is 6.26. The Bertz CT molecular complexity index is 594. The smallest absolute Gasteiger partial charge is 0.192 e. The maximum absolute atomic E-state index is 13.9. The summed E-state index contributed by atoms with van der Waals surface area (Å²) in [5.74, 6) is 3.18. The highest BCUT2D eigenvalue weighted by molar-refractivity contribution is 14.0. The lowest BCUT2D eigenvalue weighted by molar-refractivity contribution is 0.256.